The lowest BCUT2D eigenvalue weighted by molar-refractivity contribution is 0.266. The van der Waals surface area contributed by atoms with Crippen LogP contribution in [0.5, 0.6) is 5.75 Å². The van der Waals surface area contributed by atoms with Gasteiger partial charge >= 0.3 is 0 Å². The summed E-state index contributed by atoms with van der Waals surface area (Å²) in [6.45, 7) is 1.22. The Morgan fingerprint density at radius 3 is 2.78 bits per heavy atom. The van der Waals surface area contributed by atoms with Crippen molar-refractivity contribution in [2.24, 2.45) is 0 Å². The van der Waals surface area contributed by atoms with Crippen molar-refractivity contribution in [2.45, 2.75) is 36.2 Å². The molecule has 2 aliphatic heterocycles. The molecule has 0 spiro atoms. The van der Waals surface area contributed by atoms with E-state index in [1.54, 1.807) is 18.2 Å². The molecule has 6 nitrogen and oxygen atoms in total. The molecule has 144 valence electrons. The molecule has 2 atom stereocenters. The van der Waals surface area contributed by atoms with Crippen LogP contribution in [0, 0.1) is 0 Å². The van der Waals surface area contributed by atoms with E-state index in [0.29, 0.717) is 12.2 Å². The molecule has 0 amide bonds. The molecule has 27 heavy (non-hydrogen) atoms. The zero-order valence-corrected chi connectivity index (χ0v) is 15.9. The molecule has 0 bridgehead atoms. The number of aliphatic hydroxyl groups is 1. The second-order valence-corrected chi connectivity index (χ2v) is 8.80. The van der Waals surface area contributed by atoms with Gasteiger partial charge < -0.3 is 14.7 Å². The van der Waals surface area contributed by atoms with Gasteiger partial charge in [0.05, 0.1) is 18.7 Å². The first-order chi connectivity index (χ1) is 13.1. The quantitative estimate of drug-likeness (QED) is 0.837. The smallest absolute Gasteiger partial charge is 0.244 e. The molecule has 2 aliphatic rings. The zero-order chi connectivity index (χ0) is 18.9. The van der Waals surface area contributed by atoms with Crippen LogP contribution in [-0.4, -0.2) is 45.4 Å². The van der Waals surface area contributed by atoms with Crippen LogP contribution in [0.3, 0.4) is 0 Å². The molecule has 0 radical (unpaired) electrons. The summed E-state index contributed by atoms with van der Waals surface area (Å²) < 4.78 is 34.3. The predicted molar refractivity (Wildman–Crippen MR) is 104 cm³/mol. The van der Waals surface area contributed by atoms with Crippen molar-refractivity contribution in [3.63, 3.8) is 0 Å². The second kappa shape index (κ2) is 7.50. The van der Waals surface area contributed by atoms with Crippen molar-refractivity contribution in [2.75, 3.05) is 24.7 Å². The number of fused-ring (bicyclic) bond motifs is 1. The van der Waals surface area contributed by atoms with E-state index in [4.69, 9.17) is 4.74 Å². The van der Waals surface area contributed by atoms with E-state index in [9.17, 15) is 13.5 Å². The maximum absolute atomic E-state index is 12.8. The average molecular weight is 388 g/mol. The van der Waals surface area contributed by atoms with Crippen LogP contribution >= 0.6 is 0 Å². The van der Waals surface area contributed by atoms with Crippen LogP contribution in [0.25, 0.3) is 0 Å². The maximum Gasteiger partial charge on any atom is 0.244 e. The first-order valence-electron chi connectivity index (χ1n) is 9.27. The minimum absolute atomic E-state index is 0.0781. The molecule has 2 heterocycles. The highest BCUT2D eigenvalue weighted by molar-refractivity contribution is 7.89. The first-order valence-corrected chi connectivity index (χ1v) is 10.8. The van der Waals surface area contributed by atoms with Crippen molar-refractivity contribution < 1.29 is 18.3 Å². The van der Waals surface area contributed by atoms with E-state index in [2.05, 4.69) is 9.62 Å². The summed E-state index contributed by atoms with van der Waals surface area (Å²) >= 11 is 0. The molecule has 0 aliphatic carbocycles. The monoisotopic (exact) mass is 388 g/mol. The molecule has 2 aromatic carbocycles. The van der Waals surface area contributed by atoms with Crippen LogP contribution in [0.2, 0.25) is 0 Å². The number of hydrogen-bond acceptors (Lipinski definition) is 5. The van der Waals surface area contributed by atoms with E-state index >= 15 is 0 Å². The molecule has 0 unspecified atom stereocenters. The lowest BCUT2D eigenvalue weighted by atomic mass is 10.1. The van der Waals surface area contributed by atoms with E-state index in [1.165, 1.54) is 0 Å². The normalized spacial score (nSPS) is 24.1. The lowest BCUT2D eigenvalue weighted by Crippen LogP contribution is -2.38. The molecular weight excluding hydrogens is 364 g/mol. The van der Waals surface area contributed by atoms with E-state index < -0.39 is 10.0 Å². The molecule has 2 aromatic rings. The predicted octanol–water partition coefficient (Wildman–Crippen LogP) is 1.93. The Hall–Kier alpha value is -2.09. The molecule has 0 saturated carbocycles. The largest absolute Gasteiger partial charge is 0.490 e. The molecule has 1 fully saturated rings. The first kappa shape index (κ1) is 18.3. The number of anilines is 1. The molecular formula is C20H24N2O4S. The van der Waals surface area contributed by atoms with Gasteiger partial charge in [0, 0.05) is 18.3 Å². The number of aliphatic hydroxyl groups excluding tert-OH is 1. The number of ether oxygens (including phenoxy) is 1. The van der Waals surface area contributed by atoms with Gasteiger partial charge in [-0.15, -0.1) is 0 Å². The standard InChI is InChI=1S/C20H24N2O4S/c23-13-18-7-4-10-22(18)17-8-9-20-19(12-17)26-14-16(21-27(20,24)25)11-15-5-2-1-3-6-15/h1-3,5-6,8-9,12,16,18,21,23H,4,7,10-11,13-14H2/t16-,18-/m1/s1. The number of rotatable bonds is 4. The fraction of sp³-hybridized carbons (Fsp3) is 0.400. The van der Waals surface area contributed by atoms with Gasteiger partial charge in [-0.1, -0.05) is 30.3 Å². The minimum atomic E-state index is -3.65. The van der Waals surface area contributed by atoms with Gasteiger partial charge in [-0.2, -0.15) is 0 Å². The Morgan fingerprint density at radius 2 is 2.00 bits per heavy atom. The number of nitrogens with zero attached hydrogens (tertiary/aromatic N) is 1. The Labute approximate surface area is 159 Å². The van der Waals surface area contributed by atoms with Crippen LogP contribution in [0.15, 0.2) is 53.4 Å². The molecule has 2 N–H and O–H groups in total. The Morgan fingerprint density at radius 1 is 1.19 bits per heavy atom. The molecule has 1 saturated heterocycles. The van der Waals surface area contributed by atoms with Gasteiger partial charge in [0.15, 0.2) is 0 Å². The molecule has 4 rings (SSSR count). The summed E-state index contributed by atoms with van der Waals surface area (Å²) in [5, 5.41) is 9.56. The zero-order valence-electron chi connectivity index (χ0n) is 15.0. The van der Waals surface area contributed by atoms with Gasteiger partial charge in [0.25, 0.3) is 0 Å². The maximum atomic E-state index is 12.8. The second-order valence-electron chi connectivity index (χ2n) is 7.12. The van der Waals surface area contributed by atoms with E-state index in [-0.39, 0.29) is 30.2 Å². The highest BCUT2D eigenvalue weighted by Gasteiger charge is 2.30. The van der Waals surface area contributed by atoms with Crippen molar-refractivity contribution in [1.29, 1.82) is 0 Å². The SMILES string of the molecule is O=S1(=O)N[C@H](Cc2ccccc2)COc2cc(N3CCC[C@@H]3CO)ccc21. The van der Waals surface area contributed by atoms with Gasteiger partial charge in [0.2, 0.25) is 10.0 Å². The lowest BCUT2D eigenvalue weighted by Gasteiger charge is -2.26. The van der Waals surface area contributed by atoms with Gasteiger partial charge in [-0.3, -0.25) is 0 Å². The summed E-state index contributed by atoms with van der Waals surface area (Å²) in [7, 11) is -3.65. The van der Waals surface area contributed by atoms with Crippen LogP contribution < -0.4 is 14.4 Å². The fourth-order valence-corrected chi connectivity index (χ4v) is 5.23. The Balaban J connectivity index is 1.59. The summed E-state index contributed by atoms with van der Waals surface area (Å²) in [4.78, 5) is 2.29. The number of nitrogens with one attached hydrogen (secondary N) is 1. The number of sulfonamides is 1. The van der Waals surface area contributed by atoms with Gasteiger partial charge in [0.1, 0.15) is 17.3 Å². The highest BCUT2D eigenvalue weighted by Crippen LogP contribution is 2.34. The topological polar surface area (TPSA) is 78.9 Å². The Bertz CT molecular complexity index is 901. The molecule has 7 heteroatoms. The molecule has 0 aromatic heterocycles. The van der Waals surface area contributed by atoms with E-state index in [0.717, 1.165) is 30.6 Å². The average Bonchev–Trinajstić information content (AvgIpc) is 3.10. The van der Waals surface area contributed by atoms with Gasteiger partial charge in [-0.25, -0.2) is 13.1 Å². The van der Waals surface area contributed by atoms with Crippen LogP contribution in [0.4, 0.5) is 5.69 Å². The van der Waals surface area contributed by atoms with Crippen molar-refractivity contribution >= 4 is 15.7 Å². The van der Waals surface area contributed by atoms with Crippen molar-refractivity contribution in [1.82, 2.24) is 4.72 Å². The fourth-order valence-electron chi connectivity index (χ4n) is 3.88. The van der Waals surface area contributed by atoms with Crippen molar-refractivity contribution in [3.05, 3.63) is 54.1 Å². The summed E-state index contributed by atoms with van der Waals surface area (Å²) in [5.74, 6) is 0.374. The van der Waals surface area contributed by atoms with Crippen LogP contribution in [0.1, 0.15) is 18.4 Å². The number of benzene rings is 2. The Kier molecular flexibility index (Phi) is 5.08. The summed E-state index contributed by atoms with van der Waals surface area (Å²) in [5.41, 5.74) is 1.95. The summed E-state index contributed by atoms with van der Waals surface area (Å²) in [6.07, 6.45) is 2.52. The number of hydrogen-bond donors (Lipinski definition) is 2. The third-order valence-electron chi connectivity index (χ3n) is 5.22. The van der Waals surface area contributed by atoms with Gasteiger partial charge in [-0.05, 0) is 37.0 Å². The third kappa shape index (κ3) is 3.81. The third-order valence-corrected chi connectivity index (χ3v) is 6.78. The minimum Gasteiger partial charge on any atom is -0.490 e. The van der Waals surface area contributed by atoms with Crippen molar-refractivity contribution in [3.8, 4) is 5.75 Å². The van der Waals surface area contributed by atoms with E-state index in [1.807, 2.05) is 30.3 Å². The van der Waals surface area contributed by atoms with Crippen LogP contribution in [-0.2, 0) is 16.4 Å². The highest BCUT2D eigenvalue weighted by atomic mass is 32.2. The summed E-state index contributed by atoms with van der Waals surface area (Å²) in [6, 6.07) is 14.7.